The van der Waals surface area contributed by atoms with Crippen molar-refractivity contribution in [3.05, 3.63) is 0 Å². The molecule has 0 aromatic carbocycles. The number of nitrogens with two attached hydrogens (primary N) is 5. The molecule has 1 saturated carbocycles. The summed E-state index contributed by atoms with van der Waals surface area (Å²) in [7, 11) is 0. The maximum atomic E-state index is 11.0. The van der Waals surface area contributed by atoms with Crippen LogP contribution in [0.25, 0.3) is 0 Å². The largest absolute Gasteiger partial charge is 0.394 e. The molecular formula is C18H37N5O9. The third-order valence-corrected chi connectivity index (χ3v) is 6.41. The Morgan fingerprint density at radius 3 is 1.84 bits per heavy atom. The van der Waals surface area contributed by atoms with Gasteiger partial charge >= 0.3 is 0 Å². The summed E-state index contributed by atoms with van der Waals surface area (Å²) in [6.07, 6.45) is -10.8. The van der Waals surface area contributed by atoms with E-state index in [1.54, 1.807) is 0 Å². The fourth-order valence-electron chi connectivity index (χ4n) is 4.43. The molecule has 3 aliphatic rings. The zero-order valence-electron chi connectivity index (χ0n) is 17.7. The minimum Gasteiger partial charge on any atom is -0.394 e. The molecule has 188 valence electrons. The van der Waals surface area contributed by atoms with Crippen molar-refractivity contribution in [3.63, 3.8) is 0 Å². The molecule has 0 unspecified atom stereocenters. The molecule has 14 atom stereocenters. The van der Waals surface area contributed by atoms with Crippen LogP contribution in [0.15, 0.2) is 0 Å². The maximum absolute atomic E-state index is 11.0. The Hall–Kier alpha value is -0.560. The van der Waals surface area contributed by atoms with Crippen LogP contribution in [-0.2, 0) is 18.9 Å². The molecule has 0 aromatic rings. The first kappa shape index (κ1) is 26.1. The first-order valence-corrected chi connectivity index (χ1v) is 10.8. The number of hydrogen-bond acceptors (Lipinski definition) is 14. The van der Waals surface area contributed by atoms with E-state index in [-0.39, 0.29) is 19.4 Å². The van der Waals surface area contributed by atoms with Crippen molar-refractivity contribution in [2.24, 2.45) is 28.7 Å². The smallest absolute Gasteiger partial charge is 0.186 e. The molecule has 14 nitrogen and oxygen atoms in total. The van der Waals surface area contributed by atoms with Crippen LogP contribution in [-0.4, -0.2) is 124 Å². The summed E-state index contributed by atoms with van der Waals surface area (Å²) in [5.74, 6) is 0. The highest BCUT2D eigenvalue weighted by atomic mass is 16.7. The lowest BCUT2D eigenvalue weighted by atomic mass is 9.84. The highest BCUT2D eigenvalue weighted by molar-refractivity contribution is 5.01. The van der Waals surface area contributed by atoms with Gasteiger partial charge in [-0.3, -0.25) is 0 Å². The van der Waals surface area contributed by atoms with Crippen LogP contribution < -0.4 is 28.7 Å². The first-order chi connectivity index (χ1) is 15.1. The predicted octanol–water partition coefficient (Wildman–Crippen LogP) is -6.30. The van der Waals surface area contributed by atoms with Gasteiger partial charge in [0.25, 0.3) is 0 Å². The van der Waals surface area contributed by atoms with Gasteiger partial charge in [-0.2, -0.15) is 0 Å². The van der Waals surface area contributed by atoms with Crippen molar-refractivity contribution < 1.29 is 44.5 Å². The Labute approximate surface area is 185 Å². The number of aliphatic hydroxyl groups is 5. The molecule has 1 aliphatic carbocycles. The molecule has 2 heterocycles. The van der Waals surface area contributed by atoms with E-state index in [0.29, 0.717) is 0 Å². The molecule has 0 aromatic heterocycles. The standard InChI is InChI=1S/C18H37N5O9/c19-3-9-8(25)2-7(22)17(29-9)31-15-5(20)1-6(21)16(14(15)28)32-18-13(27)11(23)12(26)10(4-24)30-18/h5-18,24-28H,1-4,19-23H2/t5-,6+,7-,8-,9+,10+,11-,12+,13-,14+,15+,16-,17+,18+/m0/s1. The van der Waals surface area contributed by atoms with Crippen LogP contribution in [0.1, 0.15) is 12.8 Å². The molecule has 15 N–H and O–H groups in total. The van der Waals surface area contributed by atoms with E-state index in [0.717, 1.165) is 0 Å². The van der Waals surface area contributed by atoms with Crippen molar-refractivity contribution >= 4 is 0 Å². The summed E-state index contributed by atoms with van der Waals surface area (Å²) < 4.78 is 22.7. The van der Waals surface area contributed by atoms with Gasteiger partial charge in [0.15, 0.2) is 12.6 Å². The minimum absolute atomic E-state index is 0.0542. The lowest BCUT2D eigenvalue weighted by molar-refractivity contribution is -0.314. The highest BCUT2D eigenvalue weighted by Gasteiger charge is 2.50. The maximum Gasteiger partial charge on any atom is 0.186 e. The lowest BCUT2D eigenvalue weighted by Crippen LogP contribution is -2.68. The molecule has 32 heavy (non-hydrogen) atoms. The summed E-state index contributed by atoms with van der Waals surface area (Å²) in [6, 6.07) is -3.27. The van der Waals surface area contributed by atoms with Gasteiger partial charge < -0.3 is 73.1 Å². The third-order valence-electron chi connectivity index (χ3n) is 6.41. The molecule has 0 radical (unpaired) electrons. The fraction of sp³-hybridized carbons (Fsp3) is 1.00. The van der Waals surface area contributed by atoms with Gasteiger partial charge in [-0.25, -0.2) is 0 Å². The van der Waals surface area contributed by atoms with Crippen LogP contribution in [0.3, 0.4) is 0 Å². The van der Waals surface area contributed by atoms with E-state index >= 15 is 0 Å². The SMILES string of the molecule is NC[C@H]1O[C@H](O[C@H]2[C@@H](O)[C@@H](O[C@H]3O[C@H](CO)[C@@H](O)[C@H](N)[C@@H]3O)[C@H](N)C[C@@H]2N)[C@@H](N)C[C@@H]1O. The Morgan fingerprint density at radius 2 is 1.28 bits per heavy atom. The zero-order valence-corrected chi connectivity index (χ0v) is 17.7. The van der Waals surface area contributed by atoms with E-state index in [9.17, 15) is 25.5 Å². The summed E-state index contributed by atoms with van der Waals surface area (Å²) in [5.41, 5.74) is 29.8. The van der Waals surface area contributed by atoms with Gasteiger partial charge in [-0.15, -0.1) is 0 Å². The topological polar surface area (TPSA) is 268 Å². The zero-order chi connectivity index (χ0) is 23.7. The Bertz CT molecular complexity index is 607. The monoisotopic (exact) mass is 467 g/mol. The minimum atomic E-state index is -1.44. The molecular weight excluding hydrogens is 430 g/mol. The van der Waals surface area contributed by atoms with Crippen LogP contribution in [0, 0.1) is 0 Å². The molecule has 2 saturated heterocycles. The van der Waals surface area contributed by atoms with Crippen molar-refractivity contribution in [2.45, 2.75) is 98.4 Å². The van der Waals surface area contributed by atoms with Crippen LogP contribution in [0.4, 0.5) is 0 Å². The molecule has 14 heteroatoms. The fourth-order valence-corrected chi connectivity index (χ4v) is 4.43. The number of rotatable bonds is 6. The predicted molar refractivity (Wildman–Crippen MR) is 108 cm³/mol. The number of aliphatic hydroxyl groups excluding tert-OH is 5. The molecule has 0 amide bonds. The molecule has 3 fully saturated rings. The average Bonchev–Trinajstić information content (AvgIpc) is 2.75. The summed E-state index contributed by atoms with van der Waals surface area (Å²) in [5, 5.41) is 50.7. The van der Waals surface area contributed by atoms with E-state index in [2.05, 4.69) is 0 Å². The Morgan fingerprint density at radius 1 is 0.719 bits per heavy atom. The second-order valence-corrected chi connectivity index (χ2v) is 8.78. The van der Waals surface area contributed by atoms with E-state index in [1.807, 2.05) is 0 Å². The third kappa shape index (κ3) is 5.24. The Balaban J connectivity index is 1.70. The highest BCUT2D eigenvalue weighted by Crippen LogP contribution is 2.30. The molecule has 2 aliphatic heterocycles. The summed E-state index contributed by atoms with van der Waals surface area (Å²) >= 11 is 0. The van der Waals surface area contributed by atoms with Crippen LogP contribution in [0.5, 0.6) is 0 Å². The van der Waals surface area contributed by atoms with Crippen molar-refractivity contribution in [2.75, 3.05) is 13.2 Å². The number of hydrogen-bond donors (Lipinski definition) is 10. The van der Waals surface area contributed by atoms with Gasteiger partial charge in [-0.05, 0) is 12.8 Å². The van der Waals surface area contributed by atoms with Gasteiger partial charge in [-0.1, -0.05) is 0 Å². The summed E-state index contributed by atoms with van der Waals surface area (Å²) in [6.45, 7) is -0.499. The van der Waals surface area contributed by atoms with Crippen LogP contribution >= 0.6 is 0 Å². The molecule has 3 rings (SSSR count). The molecule has 0 spiro atoms. The van der Waals surface area contributed by atoms with Crippen molar-refractivity contribution in [3.8, 4) is 0 Å². The summed E-state index contributed by atoms with van der Waals surface area (Å²) in [4.78, 5) is 0. The first-order valence-electron chi connectivity index (χ1n) is 10.8. The van der Waals surface area contributed by atoms with Gasteiger partial charge in [0.05, 0.1) is 30.9 Å². The molecule has 0 bridgehead atoms. The van der Waals surface area contributed by atoms with E-state index in [4.69, 9.17) is 47.6 Å². The van der Waals surface area contributed by atoms with E-state index < -0.39 is 92.2 Å². The van der Waals surface area contributed by atoms with E-state index in [1.165, 1.54) is 0 Å². The van der Waals surface area contributed by atoms with Crippen molar-refractivity contribution in [1.29, 1.82) is 0 Å². The quantitative estimate of drug-likeness (QED) is 0.174. The average molecular weight is 468 g/mol. The Kier molecular flexibility index (Phi) is 8.79. The van der Waals surface area contributed by atoms with Crippen LogP contribution in [0.2, 0.25) is 0 Å². The lowest BCUT2D eigenvalue weighted by Gasteiger charge is -2.47. The van der Waals surface area contributed by atoms with Gasteiger partial charge in [0.2, 0.25) is 0 Å². The van der Waals surface area contributed by atoms with Gasteiger partial charge in [0, 0.05) is 18.6 Å². The second-order valence-electron chi connectivity index (χ2n) is 8.78. The number of ether oxygens (including phenoxy) is 4. The second kappa shape index (κ2) is 10.8. The van der Waals surface area contributed by atoms with Crippen molar-refractivity contribution in [1.82, 2.24) is 0 Å². The normalized spacial score (nSPS) is 52.7. The van der Waals surface area contributed by atoms with Gasteiger partial charge in [0.1, 0.15) is 36.6 Å².